The lowest BCUT2D eigenvalue weighted by molar-refractivity contribution is 0.176. The van der Waals surface area contributed by atoms with Crippen LogP contribution in [0.4, 0.5) is 0 Å². The molecule has 0 aliphatic rings. The van der Waals surface area contributed by atoms with Crippen molar-refractivity contribution in [1.29, 1.82) is 0 Å². The molecule has 2 unspecified atom stereocenters. The number of aliphatic hydroxyl groups excluding tert-OH is 2. The van der Waals surface area contributed by atoms with E-state index in [4.69, 9.17) is 0 Å². The van der Waals surface area contributed by atoms with Crippen LogP contribution in [0.1, 0.15) is 37.2 Å². The highest BCUT2D eigenvalue weighted by Gasteiger charge is 2.17. The molecule has 24 heavy (non-hydrogen) atoms. The van der Waals surface area contributed by atoms with Crippen LogP contribution in [0.5, 0.6) is 0 Å². The van der Waals surface area contributed by atoms with E-state index in [9.17, 15) is 10.2 Å². The van der Waals surface area contributed by atoms with Gasteiger partial charge in [-0.25, -0.2) is 0 Å². The highest BCUT2D eigenvalue weighted by atomic mass is 16.3. The van der Waals surface area contributed by atoms with E-state index in [1.807, 2.05) is 6.07 Å². The molecule has 0 saturated heterocycles. The Kier molecular flexibility index (Phi) is 3.52. The van der Waals surface area contributed by atoms with Crippen LogP contribution < -0.4 is 0 Å². The SMILES string of the molecule is CC(O)c1ccc2c(ccc3c4ccccc4ccc23)c1C(C)O. The van der Waals surface area contributed by atoms with E-state index in [1.54, 1.807) is 13.8 Å². The Labute approximate surface area is 141 Å². The summed E-state index contributed by atoms with van der Waals surface area (Å²) in [4.78, 5) is 0. The van der Waals surface area contributed by atoms with Gasteiger partial charge in [-0.1, -0.05) is 60.7 Å². The van der Waals surface area contributed by atoms with Gasteiger partial charge in [-0.2, -0.15) is 0 Å². The fourth-order valence-corrected chi connectivity index (χ4v) is 3.77. The van der Waals surface area contributed by atoms with Crippen molar-refractivity contribution in [3.8, 4) is 0 Å². The van der Waals surface area contributed by atoms with Crippen LogP contribution in [0.3, 0.4) is 0 Å². The molecule has 2 atom stereocenters. The Hall–Kier alpha value is -2.42. The second-order valence-corrected chi connectivity index (χ2v) is 6.46. The fourth-order valence-electron chi connectivity index (χ4n) is 3.77. The summed E-state index contributed by atoms with van der Waals surface area (Å²) in [6.07, 6.45) is -1.23. The van der Waals surface area contributed by atoms with Crippen molar-refractivity contribution in [2.24, 2.45) is 0 Å². The van der Waals surface area contributed by atoms with E-state index in [2.05, 4.69) is 54.6 Å². The lowest BCUT2D eigenvalue weighted by Crippen LogP contribution is -2.03. The molecule has 0 aliphatic carbocycles. The summed E-state index contributed by atoms with van der Waals surface area (Å²) in [6.45, 7) is 3.49. The minimum absolute atomic E-state index is 0.605. The molecule has 120 valence electrons. The molecule has 0 amide bonds. The predicted octanol–water partition coefficient (Wildman–Crippen LogP) is 5.25. The van der Waals surface area contributed by atoms with Gasteiger partial charge in [0.1, 0.15) is 0 Å². The zero-order chi connectivity index (χ0) is 16.8. The molecule has 0 saturated carbocycles. The first kappa shape index (κ1) is 15.1. The van der Waals surface area contributed by atoms with Crippen molar-refractivity contribution in [2.75, 3.05) is 0 Å². The molecule has 0 heterocycles. The second kappa shape index (κ2) is 5.59. The van der Waals surface area contributed by atoms with Crippen molar-refractivity contribution in [3.63, 3.8) is 0 Å². The Balaban J connectivity index is 2.16. The van der Waals surface area contributed by atoms with Gasteiger partial charge < -0.3 is 10.2 Å². The van der Waals surface area contributed by atoms with Crippen molar-refractivity contribution in [3.05, 3.63) is 71.8 Å². The average molecular weight is 316 g/mol. The van der Waals surface area contributed by atoms with Gasteiger partial charge in [-0.3, -0.25) is 0 Å². The summed E-state index contributed by atoms with van der Waals surface area (Å²) in [7, 11) is 0. The molecule has 0 fully saturated rings. The standard InChI is InChI=1S/C22H20O2/c1-13(23)16-9-10-20-19-8-7-15-5-3-4-6-17(15)18(19)11-12-21(20)22(16)14(2)24/h3-14,23-24H,1-2H3. The Bertz CT molecular complexity index is 1060. The predicted molar refractivity (Wildman–Crippen MR) is 100 cm³/mol. The molecule has 0 spiro atoms. The van der Waals surface area contributed by atoms with E-state index in [0.29, 0.717) is 0 Å². The zero-order valence-electron chi connectivity index (χ0n) is 13.8. The summed E-state index contributed by atoms with van der Waals surface area (Å²) in [5.74, 6) is 0. The molecule has 0 bridgehead atoms. The number of rotatable bonds is 2. The van der Waals surface area contributed by atoms with Gasteiger partial charge in [0.25, 0.3) is 0 Å². The van der Waals surface area contributed by atoms with E-state index in [-0.39, 0.29) is 0 Å². The van der Waals surface area contributed by atoms with Crippen LogP contribution in [-0.4, -0.2) is 10.2 Å². The fraction of sp³-hybridized carbons (Fsp3) is 0.182. The molecular weight excluding hydrogens is 296 g/mol. The molecule has 0 aliphatic heterocycles. The van der Waals surface area contributed by atoms with Crippen LogP contribution in [0.15, 0.2) is 60.7 Å². The van der Waals surface area contributed by atoms with Gasteiger partial charge in [0.2, 0.25) is 0 Å². The maximum Gasteiger partial charge on any atom is 0.0771 e. The average Bonchev–Trinajstić information content (AvgIpc) is 2.59. The molecule has 2 heteroatoms. The van der Waals surface area contributed by atoms with Gasteiger partial charge in [0.05, 0.1) is 12.2 Å². The Morgan fingerprint density at radius 3 is 1.92 bits per heavy atom. The van der Waals surface area contributed by atoms with Crippen molar-refractivity contribution >= 4 is 32.3 Å². The van der Waals surface area contributed by atoms with Gasteiger partial charge >= 0.3 is 0 Å². The summed E-state index contributed by atoms with van der Waals surface area (Å²) >= 11 is 0. The first-order valence-electron chi connectivity index (χ1n) is 8.31. The van der Waals surface area contributed by atoms with Crippen LogP contribution in [0.2, 0.25) is 0 Å². The minimum Gasteiger partial charge on any atom is -0.389 e. The number of aliphatic hydroxyl groups is 2. The smallest absolute Gasteiger partial charge is 0.0771 e. The topological polar surface area (TPSA) is 40.5 Å². The van der Waals surface area contributed by atoms with Crippen molar-refractivity contribution < 1.29 is 10.2 Å². The lowest BCUT2D eigenvalue weighted by atomic mass is 9.89. The summed E-state index contributed by atoms with van der Waals surface area (Å²) in [5.41, 5.74) is 1.61. The second-order valence-electron chi connectivity index (χ2n) is 6.46. The van der Waals surface area contributed by atoms with E-state index >= 15 is 0 Å². The maximum atomic E-state index is 10.3. The third-order valence-corrected chi connectivity index (χ3v) is 4.87. The molecule has 2 nitrogen and oxygen atoms in total. The van der Waals surface area contributed by atoms with Crippen LogP contribution in [-0.2, 0) is 0 Å². The van der Waals surface area contributed by atoms with Gasteiger partial charge in [-0.05, 0) is 57.3 Å². The molecule has 0 aromatic heterocycles. The summed E-state index contributed by atoms with van der Waals surface area (Å²) in [6, 6.07) is 20.8. The Morgan fingerprint density at radius 2 is 1.17 bits per heavy atom. The largest absolute Gasteiger partial charge is 0.389 e. The van der Waals surface area contributed by atoms with Gasteiger partial charge in [0, 0.05) is 0 Å². The quantitative estimate of drug-likeness (QED) is 0.496. The van der Waals surface area contributed by atoms with Crippen molar-refractivity contribution in [2.45, 2.75) is 26.1 Å². The lowest BCUT2D eigenvalue weighted by Gasteiger charge is -2.18. The zero-order valence-corrected chi connectivity index (χ0v) is 13.8. The highest BCUT2D eigenvalue weighted by Crippen LogP contribution is 2.37. The van der Waals surface area contributed by atoms with Gasteiger partial charge in [0.15, 0.2) is 0 Å². The number of benzene rings is 4. The van der Waals surface area contributed by atoms with E-state index < -0.39 is 12.2 Å². The molecule has 4 aromatic rings. The van der Waals surface area contributed by atoms with Crippen molar-refractivity contribution in [1.82, 2.24) is 0 Å². The number of hydrogen-bond acceptors (Lipinski definition) is 2. The third-order valence-electron chi connectivity index (χ3n) is 4.87. The number of hydrogen-bond donors (Lipinski definition) is 2. The molecule has 4 aromatic carbocycles. The maximum absolute atomic E-state index is 10.3. The van der Waals surface area contributed by atoms with E-state index in [0.717, 1.165) is 21.9 Å². The molecule has 2 N–H and O–H groups in total. The van der Waals surface area contributed by atoms with Crippen LogP contribution in [0.25, 0.3) is 32.3 Å². The summed E-state index contributed by atoms with van der Waals surface area (Å²) < 4.78 is 0. The first-order chi connectivity index (χ1) is 11.6. The highest BCUT2D eigenvalue weighted by molar-refractivity contribution is 6.17. The Morgan fingerprint density at radius 1 is 0.583 bits per heavy atom. The third kappa shape index (κ3) is 2.19. The number of fused-ring (bicyclic) bond motifs is 5. The summed E-state index contributed by atoms with van der Waals surface area (Å²) in [5, 5.41) is 27.3. The molecule has 4 rings (SSSR count). The first-order valence-corrected chi connectivity index (χ1v) is 8.31. The molecule has 0 radical (unpaired) electrons. The normalized spacial score (nSPS) is 14.3. The minimum atomic E-state index is -0.629. The van der Waals surface area contributed by atoms with E-state index in [1.165, 1.54) is 21.5 Å². The van der Waals surface area contributed by atoms with Crippen LogP contribution >= 0.6 is 0 Å². The molecular formula is C22H20O2. The van der Waals surface area contributed by atoms with Gasteiger partial charge in [-0.15, -0.1) is 0 Å². The van der Waals surface area contributed by atoms with Crippen LogP contribution in [0, 0.1) is 0 Å². The monoisotopic (exact) mass is 316 g/mol.